The number of likely N-dealkylation sites (tertiary alicyclic amines) is 1. The number of nitrogens with one attached hydrogen (secondary N) is 1. The Kier molecular flexibility index (Phi) is 4.36. The van der Waals surface area contributed by atoms with Crippen LogP contribution >= 0.6 is 0 Å². The molecule has 1 atom stereocenters. The Bertz CT molecular complexity index is 671. The molecule has 2 aromatic rings. The summed E-state index contributed by atoms with van der Waals surface area (Å²) >= 11 is 0. The number of aromatic nitrogens is 3. The Morgan fingerprint density at radius 3 is 2.96 bits per heavy atom. The Morgan fingerprint density at radius 2 is 2.30 bits per heavy atom. The standard InChI is InChI=1S/C16H23N5O2/c1-11-15(12(2)23-19-11)8-17-16(22)21-5-4-13(10-21)6-14-7-18-20(3)9-14/h7,9,13H,4-6,8,10H2,1-3H3,(H,17,22). The first-order valence-electron chi connectivity index (χ1n) is 7.95. The largest absolute Gasteiger partial charge is 0.361 e. The van der Waals surface area contributed by atoms with Gasteiger partial charge in [0.1, 0.15) is 5.76 Å². The molecule has 23 heavy (non-hydrogen) atoms. The van der Waals surface area contributed by atoms with E-state index in [0.29, 0.717) is 12.5 Å². The summed E-state index contributed by atoms with van der Waals surface area (Å²) in [6.07, 6.45) is 5.95. The summed E-state index contributed by atoms with van der Waals surface area (Å²) < 4.78 is 6.93. The van der Waals surface area contributed by atoms with Crippen molar-refractivity contribution < 1.29 is 9.32 Å². The van der Waals surface area contributed by atoms with Crippen molar-refractivity contribution in [2.24, 2.45) is 13.0 Å². The number of hydrogen-bond donors (Lipinski definition) is 1. The lowest BCUT2D eigenvalue weighted by atomic mass is 10.0. The molecule has 0 aromatic carbocycles. The fourth-order valence-corrected chi connectivity index (χ4v) is 3.12. The predicted octanol–water partition coefficient (Wildman–Crippen LogP) is 1.80. The van der Waals surface area contributed by atoms with E-state index in [1.807, 2.05) is 42.9 Å². The average Bonchev–Trinajstić information content (AvgIpc) is 3.21. The van der Waals surface area contributed by atoms with Crippen molar-refractivity contribution in [3.8, 4) is 0 Å². The van der Waals surface area contributed by atoms with Gasteiger partial charge in [-0.15, -0.1) is 0 Å². The molecule has 1 saturated heterocycles. The minimum absolute atomic E-state index is 0.0151. The first-order chi connectivity index (χ1) is 11.0. The van der Waals surface area contributed by atoms with Crippen LogP contribution in [0.25, 0.3) is 0 Å². The van der Waals surface area contributed by atoms with Gasteiger partial charge in [0.25, 0.3) is 0 Å². The lowest BCUT2D eigenvalue weighted by molar-refractivity contribution is 0.206. The lowest BCUT2D eigenvalue weighted by Crippen LogP contribution is -2.38. The molecule has 0 saturated carbocycles. The summed E-state index contributed by atoms with van der Waals surface area (Å²) in [7, 11) is 1.92. The van der Waals surface area contributed by atoms with Crippen LogP contribution in [0.4, 0.5) is 4.79 Å². The van der Waals surface area contributed by atoms with Gasteiger partial charge >= 0.3 is 6.03 Å². The molecule has 2 amide bonds. The molecule has 1 aliphatic heterocycles. The highest BCUT2D eigenvalue weighted by atomic mass is 16.5. The van der Waals surface area contributed by atoms with E-state index in [0.717, 1.165) is 42.9 Å². The average molecular weight is 317 g/mol. The second-order valence-corrected chi connectivity index (χ2v) is 6.29. The van der Waals surface area contributed by atoms with Crippen molar-refractivity contribution >= 4 is 6.03 Å². The van der Waals surface area contributed by atoms with Crippen LogP contribution in [-0.4, -0.2) is 39.0 Å². The number of rotatable bonds is 4. The van der Waals surface area contributed by atoms with E-state index in [-0.39, 0.29) is 6.03 Å². The quantitative estimate of drug-likeness (QED) is 0.933. The van der Waals surface area contributed by atoms with Gasteiger partial charge in [0.2, 0.25) is 0 Å². The minimum atomic E-state index is -0.0151. The zero-order valence-corrected chi connectivity index (χ0v) is 13.9. The van der Waals surface area contributed by atoms with Gasteiger partial charge in [0.05, 0.1) is 11.9 Å². The fourth-order valence-electron chi connectivity index (χ4n) is 3.12. The molecule has 1 unspecified atom stereocenters. The number of hydrogen-bond acceptors (Lipinski definition) is 4. The van der Waals surface area contributed by atoms with Gasteiger partial charge in [-0.3, -0.25) is 4.68 Å². The molecular weight excluding hydrogens is 294 g/mol. The van der Waals surface area contributed by atoms with Crippen LogP contribution in [-0.2, 0) is 20.0 Å². The highest BCUT2D eigenvalue weighted by Gasteiger charge is 2.26. The third-order valence-electron chi connectivity index (χ3n) is 4.45. The van der Waals surface area contributed by atoms with Crippen LogP contribution < -0.4 is 5.32 Å². The molecule has 1 fully saturated rings. The first kappa shape index (κ1) is 15.6. The number of nitrogens with zero attached hydrogens (tertiary/aromatic N) is 4. The van der Waals surface area contributed by atoms with Crippen LogP contribution in [0.2, 0.25) is 0 Å². The molecule has 0 aliphatic carbocycles. The Balaban J connectivity index is 1.49. The van der Waals surface area contributed by atoms with Gasteiger partial charge in [-0.25, -0.2) is 4.79 Å². The lowest BCUT2D eigenvalue weighted by Gasteiger charge is -2.17. The second-order valence-electron chi connectivity index (χ2n) is 6.29. The molecule has 3 heterocycles. The zero-order valence-electron chi connectivity index (χ0n) is 13.9. The number of amides is 2. The number of aryl methyl sites for hydroxylation is 3. The Morgan fingerprint density at radius 1 is 1.48 bits per heavy atom. The third-order valence-corrected chi connectivity index (χ3v) is 4.45. The van der Waals surface area contributed by atoms with Crippen molar-refractivity contribution in [3.05, 3.63) is 35.0 Å². The molecule has 7 heteroatoms. The van der Waals surface area contributed by atoms with E-state index in [1.54, 1.807) is 0 Å². The van der Waals surface area contributed by atoms with Crippen LogP contribution in [0.15, 0.2) is 16.9 Å². The molecule has 124 valence electrons. The molecule has 3 rings (SSSR count). The van der Waals surface area contributed by atoms with Crippen molar-refractivity contribution in [2.75, 3.05) is 13.1 Å². The van der Waals surface area contributed by atoms with Gasteiger partial charge in [-0.1, -0.05) is 5.16 Å². The third kappa shape index (κ3) is 3.55. The molecule has 0 radical (unpaired) electrons. The van der Waals surface area contributed by atoms with Crippen molar-refractivity contribution in [2.45, 2.75) is 33.2 Å². The summed E-state index contributed by atoms with van der Waals surface area (Å²) in [6.45, 7) is 5.81. The van der Waals surface area contributed by atoms with E-state index in [9.17, 15) is 4.79 Å². The van der Waals surface area contributed by atoms with Crippen LogP contribution in [0.1, 0.15) is 29.0 Å². The Hall–Kier alpha value is -2.31. The van der Waals surface area contributed by atoms with Gasteiger partial charge < -0.3 is 14.7 Å². The van der Waals surface area contributed by atoms with Gasteiger partial charge in [0.15, 0.2) is 0 Å². The van der Waals surface area contributed by atoms with Crippen molar-refractivity contribution in [3.63, 3.8) is 0 Å². The zero-order chi connectivity index (χ0) is 16.4. The van der Waals surface area contributed by atoms with Gasteiger partial charge in [-0.2, -0.15) is 5.10 Å². The molecule has 7 nitrogen and oxygen atoms in total. The van der Waals surface area contributed by atoms with E-state index in [4.69, 9.17) is 4.52 Å². The summed E-state index contributed by atoms with van der Waals surface area (Å²) in [5.74, 6) is 1.27. The number of carbonyl (C=O) groups is 1. The van der Waals surface area contributed by atoms with E-state index in [1.165, 1.54) is 5.56 Å². The SMILES string of the molecule is Cc1noc(C)c1CNC(=O)N1CCC(Cc2cnn(C)c2)C1. The monoisotopic (exact) mass is 317 g/mol. The highest BCUT2D eigenvalue weighted by Crippen LogP contribution is 2.21. The fraction of sp³-hybridized carbons (Fsp3) is 0.562. The summed E-state index contributed by atoms with van der Waals surface area (Å²) in [5.41, 5.74) is 3.03. The summed E-state index contributed by atoms with van der Waals surface area (Å²) in [4.78, 5) is 14.2. The summed E-state index contributed by atoms with van der Waals surface area (Å²) in [5, 5.41) is 11.1. The van der Waals surface area contributed by atoms with E-state index < -0.39 is 0 Å². The summed E-state index contributed by atoms with van der Waals surface area (Å²) in [6, 6.07) is -0.0151. The van der Waals surface area contributed by atoms with Crippen molar-refractivity contribution in [1.82, 2.24) is 25.2 Å². The molecule has 1 aliphatic rings. The predicted molar refractivity (Wildman–Crippen MR) is 84.8 cm³/mol. The smallest absolute Gasteiger partial charge is 0.317 e. The number of carbonyl (C=O) groups excluding carboxylic acids is 1. The van der Waals surface area contributed by atoms with E-state index >= 15 is 0 Å². The minimum Gasteiger partial charge on any atom is -0.361 e. The molecule has 0 spiro atoms. The molecule has 0 bridgehead atoms. The van der Waals surface area contributed by atoms with Gasteiger partial charge in [-0.05, 0) is 38.2 Å². The van der Waals surface area contributed by atoms with Crippen LogP contribution in [0.3, 0.4) is 0 Å². The second kappa shape index (κ2) is 6.44. The maximum atomic E-state index is 12.3. The molecular formula is C16H23N5O2. The normalized spacial score (nSPS) is 17.7. The highest BCUT2D eigenvalue weighted by molar-refractivity contribution is 5.74. The Labute approximate surface area is 135 Å². The first-order valence-corrected chi connectivity index (χ1v) is 7.95. The van der Waals surface area contributed by atoms with E-state index in [2.05, 4.69) is 15.6 Å². The molecule has 1 N–H and O–H groups in total. The van der Waals surface area contributed by atoms with Crippen LogP contribution in [0.5, 0.6) is 0 Å². The maximum absolute atomic E-state index is 12.3. The number of urea groups is 1. The van der Waals surface area contributed by atoms with Gasteiger partial charge in [0, 0.05) is 38.4 Å². The topological polar surface area (TPSA) is 76.2 Å². The molecule has 2 aromatic heterocycles. The maximum Gasteiger partial charge on any atom is 0.317 e. The van der Waals surface area contributed by atoms with Crippen LogP contribution in [0, 0.1) is 19.8 Å². The van der Waals surface area contributed by atoms with Crippen molar-refractivity contribution in [1.29, 1.82) is 0 Å².